The molecule has 0 atom stereocenters. The number of nitrogens with one attached hydrogen (secondary N) is 1. The number of amides is 3. The smallest absolute Gasteiger partial charge is 0.269 e. The van der Waals surface area contributed by atoms with Crippen LogP contribution in [-0.4, -0.2) is 35.3 Å². The Morgan fingerprint density at radius 1 is 1.20 bits per heavy atom. The van der Waals surface area contributed by atoms with Crippen molar-refractivity contribution < 1.29 is 19.2 Å². The Balaban J connectivity index is 2.01. The summed E-state index contributed by atoms with van der Waals surface area (Å²) in [5.74, 6) is -1.26. The maximum Gasteiger partial charge on any atom is 0.269 e. The van der Waals surface area contributed by atoms with Gasteiger partial charge in [0.1, 0.15) is 5.54 Å². The number of rotatable bonds is 3. The molecule has 1 N–H and O–H groups in total. The van der Waals surface area contributed by atoms with Crippen molar-refractivity contribution in [2.45, 2.75) is 24.8 Å². The average molecular weight is 274 g/mol. The summed E-state index contributed by atoms with van der Waals surface area (Å²) in [5.41, 5.74) is 1.85. The molecule has 1 heterocycles. The zero-order valence-corrected chi connectivity index (χ0v) is 11.0. The van der Waals surface area contributed by atoms with E-state index in [2.05, 4.69) is 10.3 Å². The molecule has 1 aliphatic carbocycles. The predicted molar refractivity (Wildman–Crippen MR) is 68.7 cm³/mol. The molecule has 0 saturated heterocycles. The zero-order chi connectivity index (χ0) is 14.3. The highest BCUT2D eigenvalue weighted by atomic mass is 16.6. The van der Waals surface area contributed by atoms with Gasteiger partial charge in [-0.15, -0.1) is 0 Å². The van der Waals surface area contributed by atoms with Gasteiger partial charge in [0.25, 0.3) is 17.7 Å². The van der Waals surface area contributed by atoms with Gasteiger partial charge in [-0.3, -0.25) is 24.1 Å². The van der Waals surface area contributed by atoms with E-state index < -0.39 is 23.3 Å². The monoisotopic (exact) mass is 274 g/mol. The topological polar surface area (TPSA) is 75.7 Å². The number of carbonyl (C=O) groups is 3. The summed E-state index contributed by atoms with van der Waals surface area (Å²) >= 11 is 0. The lowest BCUT2D eigenvalue weighted by molar-refractivity contribution is -0.146. The quantitative estimate of drug-likeness (QED) is 0.656. The molecule has 1 saturated carbocycles. The van der Waals surface area contributed by atoms with Crippen molar-refractivity contribution in [2.75, 3.05) is 7.11 Å². The highest BCUT2D eigenvalue weighted by Crippen LogP contribution is 2.42. The third-order valence-corrected chi connectivity index (χ3v) is 4.02. The van der Waals surface area contributed by atoms with Crippen LogP contribution in [0.2, 0.25) is 0 Å². The minimum Gasteiger partial charge on any atom is -0.277 e. The van der Waals surface area contributed by atoms with E-state index in [4.69, 9.17) is 0 Å². The number of hydrogen-bond acceptors (Lipinski definition) is 4. The van der Waals surface area contributed by atoms with E-state index >= 15 is 0 Å². The molecule has 3 rings (SSSR count). The van der Waals surface area contributed by atoms with Crippen LogP contribution >= 0.6 is 0 Å². The molecular formula is C14H14N2O4. The summed E-state index contributed by atoms with van der Waals surface area (Å²) in [6, 6.07) is 6.62. The van der Waals surface area contributed by atoms with Gasteiger partial charge >= 0.3 is 0 Å². The first kappa shape index (κ1) is 12.8. The van der Waals surface area contributed by atoms with Gasteiger partial charge < -0.3 is 0 Å². The summed E-state index contributed by atoms with van der Waals surface area (Å²) in [6.45, 7) is 0. The summed E-state index contributed by atoms with van der Waals surface area (Å²) in [4.78, 5) is 42.8. The molecule has 0 spiro atoms. The van der Waals surface area contributed by atoms with E-state index in [-0.39, 0.29) is 0 Å². The molecule has 6 heteroatoms. The lowest BCUT2D eigenvalue weighted by atomic mass is 9.74. The van der Waals surface area contributed by atoms with Gasteiger partial charge in [-0.05, 0) is 31.4 Å². The number of hydrogen-bond donors (Lipinski definition) is 1. The first-order valence-corrected chi connectivity index (χ1v) is 6.43. The van der Waals surface area contributed by atoms with Crippen LogP contribution in [0.3, 0.4) is 0 Å². The van der Waals surface area contributed by atoms with Crippen molar-refractivity contribution in [1.82, 2.24) is 10.4 Å². The normalized spacial score (nSPS) is 19.6. The molecule has 1 aliphatic heterocycles. The molecule has 1 aromatic carbocycles. The SMILES string of the molecule is CONC(=O)C1(N2C(=O)c3ccccc3C2=O)CCC1. The summed E-state index contributed by atoms with van der Waals surface area (Å²) in [7, 11) is 1.33. The van der Waals surface area contributed by atoms with Crippen LogP contribution in [0.5, 0.6) is 0 Å². The number of carbonyl (C=O) groups excluding carboxylic acids is 3. The molecule has 20 heavy (non-hydrogen) atoms. The first-order chi connectivity index (χ1) is 9.62. The van der Waals surface area contributed by atoms with Crippen LogP contribution in [-0.2, 0) is 9.63 Å². The van der Waals surface area contributed by atoms with Gasteiger partial charge in [0.05, 0.1) is 18.2 Å². The van der Waals surface area contributed by atoms with Gasteiger partial charge in [0, 0.05) is 0 Å². The van der Waals surface area contributed by atoms with E-state index in [0.29, 0.717) is 24.0 Å². The molecule has 0 aromatic heterocycles. The fraction of sp³-hybridized carbons (Fsp3) is 0.357. The molecule has 6 nitrogen and oxygen atoms in total. The van der Waals surface area contributed by atoms with Crippen molar-refractivity contribution in [3.8, 4) is 0 Å². The molecule has 1 aromatic rings. The van der Waals surface area contributed by atoms with Gasteiger partial charge in [-0.1, -0.05) is 12.1 Å². The number of imide groups is 1. The zero-order valence-electron chi connectivity index (χ0n) is 11.0. The van der Waals surface area contributed by atoms with Gasteiger partial charge in [0.15, 0.2) is 0 Å². The Hall–Kier alpha value is -2.21. The number of fused-ring (bicyclic) bond motifs is 1. The van der Waals surface area contributed by atoms with E-state index in [1.807, 2.05) is 0 Å². The van der Waals surface area contributed by atoms with Crippen LogP contribution < -0.4 is 5.48 Å². The van der Waals surface area contributed by atoms with Gasteiger partial charge in [-0.25, -0.2) is 5.48 Å². The van der Waals surface area contributed by atoms with Gasteiger partial charge in [-0.2, -0.15) is 0 Å². The van der Waals surface area contributed by atoms with E-state index in [0.717, 1.165) is 11.3 Å². The fourth-order valence-electron chi connectivity index (χ4n) is 2.83. The van der Waals surface area contributed by atoms with Crippen molar-refractivity contribution in [3.05, 3.63) is 35.4 Å². The van der Waals surface area contributed by atoms with Crippen molar-refractivity contribution in [1.29, 1.82) is 0 Å². The van der Waals surface area contributed by atoms with E-state index in [9.17, 15) is 14.4 Å². The van der Waals surface area contributed by atoms with Crippen molar-refractivity contribution in [3.63, 3.8) is 0 Å². The minimum atomic E-state index is -1.11. The van der Waals surface area contributed by atoms with E-state index in [1.54, 1.807) is 24.3 Å². The predicted octanol–water partition coefficient (Wildman–Crippen LogP) is 0.883. The summed E-state index contributed by atoms with van der Waals surface area (Å²) in [5, 5.41) is 0. The standard InChI is InChI=1S/C14H14N2O4/c1-20-15-13(19)14(7-4-8-14)16-11(17)9-5-2-3-6-10(9)12(16)18/h2-3,5-6H,4,7-8H2,1H3,(H,15,19). The fourth-order valence-corrected chi connectivity index (χ4v) is 2.83. The highest BCUT2D eigenvalue weighted by Gasteiger charge is 2.56. The largest absolute Gasteiger partial charge is 0.277 e. The lowest BCUT2D eigenvalue weighted by Crippen LogP contribution is -2.64. The summed E-state index contributed by atoms with van der Waals surface area (Å²) in [6.07, 6.45) is 1.73. The van der Waals surface area contributed by atoms with Crippen LogP contribution in [0, 0.1) is 0 Å². The molecule has 1 fully saturated rings. The second-order valence-electron chi connectivity index (χ2n) is 5.01. The minimum absolute atomic E-state index is 0.356. The third kappa shape index (κ3) is 1.51. The Kier molecular flexibility index (Phi) is 2.83. The van der Waals surface area contributed by atoms with Gasteiger partial charge in [0.2, 0.25) is 0 Å². The third-order valence-electron chi connectivity index (χ3n) is 4.02. The van der Waals surface area contributed by atoms with Crippen molar-refractivity contribution in [2.24, 2.45) is 0 Å². The number of benzene rings is 1. The highest BCUT2D eigenvalue weighted by molar-refractivity contribution is 6.23. The van der Waals surface area contributed by atoms with Crippen LogP contribution in [0.4, 0.5) is 0 Å². The first-order valence-electron chi connectivity index (χ1n) is 6.43. The van der Waals surface area contributed by atoms with Crippen LogP contribution in [0.1, 0.15) is 40.0 Å². The maximum atomic E-state index is 12.4. The van der Waals surface area contributed by atoms with Crippen molar-refractivity contribution >= 4 is 17.7 Å². The molecule has 2 aliphatic rings. The average Bonchev–Trinajstić information content (AvgIpc) is 2.64. The number of nitrogens with zero attached hydrogens (tertiary/aromatic N) is 1. The Bertz CT molecular complexity index is 572. The molecule has 0 unspecified atom stereocenters. The molecule has 0 radical (unpaired) electrons. The van der Waals surface area contributed by atoms with Crippen LogP contribution in [0.15, 0.2) is 24.3 Å². The van der Waals surface area contributed by atoms with Crippen LogP contribution in [0.25, 0.3) is 0 Å². The van der Waals surface area contributed by atoms with E-state index in [1.165, 1.54) is 7.11 Å². The number of hydroxylamine groups is 1. The molecule has 3 amide bonds. The molecule has 0 bridgehead atoms. The second-order valence-corrected chi connectivity index (χ2v) is 5.01. The Labute approximate surface area is 115 Å². The Morgan fingerprint density at radius 3 is 2.15 bits per heavy atom. The molecular weight excluding hydrogens is 260 g/mol. The Morgan fingerprint density at radius 2 is 1.75 bits per heavy atom. The molecule has 104 valence electrons. The second kappa shape index (κ2) is 4.42. The summed E-state index contributed by atoms with van der Waals surface area (Å²) < 4.78 is 0. The maximum absolute atomic E-state index is 12.4. The lowest BCUT2D eigenvalue weighted by Gasteiger charge is -2.45.